The molecular weight excluding hydrogens is 356 g/mol. The number of likely N-dealkylation sites (tertiary alicyclic amines) is 1. The average molecular weight is 393 g/mol. The second kappa shape index (κ2) is 11.0. The van der Waals surface area contributed by atoms with Crippen LogP contribution in [0.15, 0.2) is 48.5 Å². The molecule has 1 saturated heterocycles. The molecule has 0 bridgehead atoms. The summed E-state index contributed by atoms with van der Waals surface area (Å²) < 4.78 is 0. The monoisotopic (exact) mass is 392 g/mol. The molecule has 1 fully saturated rings. The Morgan fingerprint density at radius 1 is 1.14 bits per heavy atom. The highest BCUT2D eigenvalue weighted by atomic mass is 15.1. The van der Waals surface area contributed by atoms with E-state index >= 15 is 0 Å². The van der Waals surface area contributed by atoms with Gasteiger partial charge in [0.15, 0.2) is 0 Å². The summed E-state index contributed by atoms with van der Waals surface area (Å²) in [5.41, 5.74) is 5.49. The summed E-state index contributed by atoms with van der Waals surface area (Å²) in [5.74, 6) is 0. The Labute approximate surface area is 176 Å². The van der Waals surface area contributed by atoms with Crippen LogP contribution >= 0.6 is 0 Å². The average Bonchev–Trinajstić information content (AvgIpc) is 2.75. The van der Waals surface area contributed by atoms with Crippen molar-refractivity contribution in [3.8, 4) is 6.07 Å². The molecule has 4 nitrogen and oxygen atoms in total. The first-order valence-electron chi connectivity index (χ1n) is 11.1. The first kappa shape index (κ1) is 21.4. The molecule has 0 amide bonds. The predicted molar refractivity (Wildman–Crippen MR) is 119 cm³/mol. The van der Waals surface area contributed by atoms with Crippen LogP contribution in [0.4, 0.5) is 5.69 Å². The van der Waals surface area contributed by atoms with Crippen LogP contribution in [0, 0.1) is 18.3 Å². The van der Waals surface area contributed by atoms with Gasteiger partial charge in [-0.25, -0.2) is 0 Å². The fourth-order valence-electron chi connectivity index (χ4n) is 4.40. The highest BCUT2D eigenvalue weighted by Gasteiger charge is 2.24. The van der Waals surface area contributed by atoms with Crippen molar-refractivity contribution in [3.05, 3.63) is 65.2 Å². The lowest BCUT2D eigenvalue weighted by Crippen LogP contribution is -3.13. The van der Waals surface area contributed by atoms with E-state index in [4.69, 9.17) is 5.26 Å². The number of nitrogens with zero attached hydrogens (tertiary/aromatic N) is 2. The van der Waals surface area contributed by atoms with Gasteiger partial charge in [-0.15, -0.1) is 0 Å². The second-order valence-corrected chi connectivity index (χ2v) is 8.29. The third kappa shape index (κ3) is 6.32. The molecule has 3 rings (SSSR count). The lowest BCUT2D eigenvalue weighted by molar-refractivity contribution is -0.926. The van der Waals surface area contributed by atoms with Crippen molar-refractivity contribution in [2.75, 3.05) is 31.1 Å². The summed E-state index contributed by atoms with van der Waals surface area (Å²) in [5, 5.41) is 11.4. The Morgan fingerprint density at radius 2 is 1.90 bits per heavy atom. The van der Waals surface area contributed by atoms with Gasteiger partial charge in [-0.05, 0) is 31.5 Å². The van der Waals surface area contributed by atoms with Crippen LogP contribution in [0.5, 0.6) is 0 Å². The quantitative estimate of drug-likeness (QED) is 0.686. The summed E-state index contributed by atoms with van der Waals surface area (Å²) in [7, 11) is 0. The summed E-state index contributed by atoms with van der Waals surface area (Å²) in [6.07, 6.45) is 3.18. The lowest BCUT2D eigenvalue weighted by atomic mass is 10.0. The summed E-state index contributed by atoms with van der Waals surface area (Å²) in [6, 6.07) is 20.7. The van der Waals surface area contributed by atoms with Gasteiger partial charge in [0.1, 0.15) is 13.1 Å². The van der Waals surface area contributed by atoms with Crippen molar-refractivity contribution in [1.29, 1.82) is 5.26 Å². The van der Waals surface area contributed by atoms with Gasteiger partial charge < -0.3 is 15.1 Å². The Kier molecular flexibility index (Phi) is 8.10. The summed E-state index contributed by atoms with van der Waals surface area (Å²) >= 11 is 0. The normalized spacial score (nSPS) is 18.9. The Bertz CT molecular complexity index is 788. The van der Waals surface area contributed by atoms with E-state index in [1.165, 1.54) is 48.3 Å². The van der Waals surface area contributed by atoms with Gasteiger partial charge in [0, 0.05) is 42.7 Å². The zero-order valence-electron chi connectivity index (χ0n) is 18.0. The molecule has 2 aromatic rings. The molecule has 3 N–H and O–H groups in total. The fraction of sp³-hybridized carbons (Fsp3) is 0.480. The number of nitrogens with one attached hydrogen (secondary N) is 1. The number of quaternary nitrogens is 2. The highest BCUT2D eigenvalue weighted by molar-refractivity contribution is 5.50. The van der Waals surface area contributed by atoms with Gasteiger partial charge in [0.2, 0.25) is 0 Å². The maximum atomic E-state index is 8.86. The fourth-order valence-corrected chi connectivity index (χ4v) is 4.40. The molecule has 1 heterocycles. The number of rotatable bonds is 9. The number of nitrogens with two attached hydrogens (primary N) is 1. The Morgan fingerprint density at radius 3 is 2.55 bits per heavy atom. The van der Waals surface area contributed by atoms with Crippen molar-refractivity contribution in [1.82, 2.24) is 0 Å². The minimum atomic E-state index is 0.577. The molecule has 0 aliphatic carbocycles. The number of hydrogen-bond acceptors (Lipinski definition) is 2. The molecule has 0 aromatic heterocycles. The third-order valence-corrected chi connectivity index (χ3v) is 6.27. The maximum absolute atomic E-state index is 8.86. The molecule has 1 aliphatic rings. The molecule has 29 heavy (non-hydrogen) atoms. The van der Waals surface area contributed by atoms with Crippen LogP contribution in [-0.2, 0) is 13.1 Å². The Balaban J connectivity index is 1.46. The van der Waals surface area contributed by atoms with Crippen molar-refractivity contribution < 1.29 is 10.2 Å². The van der Waals surface area contributed by atoms with Crippen molar-refractivity contribution in [2.45, 2.75) is 52.2 Å². The van der Waals surface area contributed by atoms with E-state index in [0.29, 0.717) is 6.42 Å². The van der Waals surface area contributed by atoms with Crippen molar-refractivity contribution >= 4 is 5.69 Å². The van der Waals surface area contributed by atoms with Gasteiger partial charge in [-0.2, -0.15) is 5.26 Å². The van der Waals surface area contributed by atoms with Gasteiger partial charge >= 0.3 is 0 Å². The largest absolute Gasteiger partial charge is 0.371 e. The number of nitriles is 1. The number of aryl methyl sites for hydroxylation is 1. The molecule has 0 saturated carbocycles. The smallest absolute Gasteiger partial charge is 0.103 e. The van der Waals surface area contributed by atoms with E-state index in [2.05, 4.69) is 78.7 Å². The highest BCUT2D eigenvalue weighted by Crippen LogP contribution is 2.19. The molecular formula is C25H36N4+2. The van der Waals surface area contributed by atoms with Crippen LogP contribution in [0.25, 0.3) is 0 Å². The molecule has 0 spiro atoms. The number of hydrogen-bond donors (Lipinski definition) is 2. The second-order valence-electron chi connectivity index (χ2n) is 8.29. The van der Waals surface area contributed by atoms with Crippen LogP contribution in [0.2, 0.25) is 0 Å². The van der Waals surface area contributed by atoms with E-state index in [9.17, 15) is 0 Å². The van der Waals surface area contributed by atoms with Crippen molar-refractivity contribution in [2.24, 2.45) is 0 Å². The van der Waals surface area contributed by atoms with Gasteiger partial charge in [-0.3, -0.25) is 0 Å². The minimum absolute atomic E-state index is 0.577. The number of piperidine rings is 1. The summed E-state index contributed by atoms with van der Waals surface area (Å²) in [6.45, 7) is 10.9. The van der Waals surface area contributed by atoms with Gasteiger partial charge in [-0.1, -0.05) is 36.4 Å². The van der Waals surface area contributed by atoms with Gasteiger partial charge in [0.25, 0.3) is 0 Å². The zero-order valence-corrected chi connectivity index (χ0v) is 18.0. The van der Waals surface area contributed by atoms with Crippen LogP contribution < -0.4 is 15.1 Å². The van der Waals surface area contributed by atoms with Gasteiger partial charge in [0.05, 0.1) is 31.6 Å². The molecule has 4 heteroatoms. The maximum Gasteiger partial charge on any atom is 0.103 e. The van der Waals surface area contributed by atoms with E-state index in [0.717, 1.165) is 32.2 Å². The molecule has 2 aromatic carbocycles. The lowest BCUT2D eigenvalue weighted by Gasteiger charge is -2.28. The van der Waals surface area contributed by atoms with E-state index in [1.807, 2.05) is 0 Å². The molecule has 1 aliphatic heterocycles. The van der Waals surface area contributed by atoms with Crippen LogP contribution in [0.3, 0.4) is 0 Å². The first-order valence-corrected chi connectivity index (χ1v) is 11.1. The van der Waals surface area contributed by atoms with E-state index in [1.54, 1.807) is 4.90 Å². The molecule has 0 radical (unpaired) electrons. The third-order valence-electron chi connectivity index (χ3n) is 6.27. The van der Waals surface area contributed by atoms with Crippen molar-refractivity contribution in [3.63, 3.8) is 0 Å². The predicted octanol–water partition coefficient (Wildman–Crippen LogP) is 2.05. The number of benzene rings is 2. The summed E-state index contributed by atoms with van der Waals surface area (Å²) in [4.78, 5) is 4.01. The SMILES string of the molecule is CCN(CCC#N)c1ccc(C[NH2+]C2CC[NH+](Cc3ccccc3)CC2)c(C)c1. The van der Waals surface area contributed by atoms with E-state index < -0.39 is 0 Å². The van der Waals surface area contributed by atoms with Crippen LogP contribution in [0.1, 0.15) is 42.9 Å². The molecule has 154 valence electrons. The molecule has 0 unspecified atom stereocenters. The molecule has 0 atom stereocenters. The number of anilines is 1. The Hall–Kier alpha value is -2.35. The topological polar surface area (TPSA) is 48.1 Å². The first-order chi connectivity index (χ1) is 14.2. The standard InChI is InChI=1S/C25H34N4/c1-3-29(15-7-14-26)25-11-10-23(21(2)18-25)19-27-24-12-16-28(17-13-24)20-22-8-5-4-6-9-22/h4-6,8-11,18,24,27H,3,7,12-13,15-17,19-20H2,1-2H3/p+2. The van der Waals surface area contributed by atoms with Crippen LogP contribution in [-0.4, -0.2) is 32.2 Å². The van der Waals surface area contributed by atoms with E-state index in [-0.39, 0.29) is 0 Å². The zero-order chi connectivity index (χ0) is 20.5. The minimum Gasteiger partial charge on any atom is -0.371 e.